The standard InChI is InChI=1S/C27H26ClN5O4S/c1-31-13-3-5-19-4-2-6-24(25(19)31)38(36,37)30-22-10-7-20(8-11-22)26(34)32-14-16-33(17-15-32)27(35)23-12-9-21(28)18-29-23/h2-12,18,30H,13-17H2,1H3. The zero-order valence-electron chi connectivity index (χ0n) is 20.7. The predicted molar refractivity (Wildman–Crippen MR) is 147 cm³/mol. The molecule has 2 amide bonds. The van der Waals surface area contributed by atoms with E-state index in [1.807, 2.05) is 30.2 Å². The van der Waals surface area contributed by atoms with Gasteiger partial charge in [0.2, 0.25) is 0 Å². The zero-order valence-corrected chi connectivity index (χ0v) is 22.2. The van der Waals surface area contributed by atoms with Crippen LogP contribution in [0.5, 0.6) is 0 Å². The second-order valence-electron chi connectivity index (χ2n) is 9.11. The van der Waals surface area contributed by atoms with Gasteiger partial charge in [0.05, 0.1) is 10.7 Å². The molecule has 0 saturated carbocycles. The van der Waals surface area contributed by atoms with Crippen molar-refractivity contribution in [1.29, 1.82) is 0 Å². The monoisotopic (exact) mass is 551 g/mol. The molecular formula is C27H26ClN5O4S. The molecule has 2 aromatic carbocycles. The summed E-state index contributed by atoms with van der Waals surface area (Å²) in [4.78, 5) is 35.2. The van der Waals surface area contributed by atoms with Crippen LogP contribution in [0.1, 0.15) is 26.4 Å². The van der Waals surface area contributed by atoms with Gasteiger partial charge >= 0.3 is 0 Å². The molecule has 11 heteroatoms. The Labute approximate surface area is 226 Å². The van der Waals surface area contributed by atoms with Crippen LogP contribution < -0.4 is 9.62 Å². The number of rotatable bonds is 5. The number of aromatic nitrogens is 1. The summed E-state index contributed by atoms with van der Waals surface area (Å²) in [7, 11) is -2.00. The Morgan fingerprint density at radius 1 is 0.921 bits per heavy atom. The molecule has 0 atom stereocenters. The van der Waals surface area contributed by atoms with Crippen molar-refractivity contribution in [2.24, 2.45) is 0 Å². The zero-order chi connectivity index (χ0) is 26.9. The summed E-state index contributed by atoms with van der Waals surface area (Å²) in [5.41, 5.74) is 2.60. The van der Waals surface area contributed by atoms with Gasteiger partial charge in [-0.1, -0.05) is 35.9 Å². The Bertz CT molecular complexity index is 1500. The van der Waals surface area contributed by atoms with Crippen LogP contribution in [0, 0.1) is 0 Å². The minimum Gasteiger partial charge on any atom is -0.369 e. The lowest BCUT2D eigenvalue weighted by Gasteiger charge is -2.34. The molecular weight excluding hydrogens is 526 g/mol. The van der Waals surface area contributed by atoms with Crippen LogP contribution in [0.25, 0.3) is 6.08 Å². The van der Waals surface area contributed by atoms with Crippen molar-refractivity contribution in [2.75, 3.05) is 49.4 Å². The molecule has 3 aromatic rings. The van der Waals surface area contributed by atoms with E-state index < -0.39 is 10.0 Å². The van der Waals surface area contributed by atoms with Gasteiger partial charge in [-0.05, 0) is 48.0 Å². The van der Waals surface area contributed by atoms with Gasteiger partial charge in [-0.15, -0.1) is 0 Å². The predicted octanol–water partition coefficient (Wildman–Crippen LogP) is 3.60. The number of amides is 2. The van der Waals surface area contributed by atoms with E-state index in [-0.39, 0.29) is 16.7 Å². The molecule has 1 aromatic heterocycles. The van der Waals surface area contributed by atoms with Gasteiger partial charge in [0, 0.05) is 57.2 Å². The van der Waals surface area contributed by atoms with Crippen LogP contribution in [0.3, 0.4) is 0 Å². The fourth-order valence-electron chi connectivity index (χ4n) is 4.58. The highest BCUT2D eigenvalue weighted by Gasteiger charge is 2.27. The average Bonchev–Trinajstić information content (AvgIpc) is 2.93. The summed E-state index contributed by atoms with van der Waals surface area (Å²) >= 11 is 5.85. The number of piperazine rings is 1. The molecule has 0 radical (unpaired) electrons. The van der Waals surface area contributed by atoms with Crippen molar-refractivity contribution in [3.8, 4) is 0 Å². The molecule has 2 aliphatic heterocycles. The largest absolute Gasteiger partial charge is 0.369 e. The maximum atomic E-state index is 13.2. The quantitative estimate of drug-likeness (QED) is 0.520. The number of hydrogen-bond acceptors (Lipinski definition) is 6. The SMILES string of the molecule is CN1CC=Cc2cccc(S(=O)(=O)Nc3ccc(C(=O)N4CCN(C(=O)c5ccc(Cl)cn5)CC4)cc3)c21. The van der Waals surface area contributed by atoms with E-state index in [0.29, 0.717) is 60.4 Å². The minimum atomic E-state index is -3.85. The van der Waals surface area contributed by atoms with E-state index in [9.17, 15) is 18.0 Å². The molecule has 0 unspecified atom stereocenters. The lowest BCUT2D eigenvalue weighted by Crippen LogP contribution is -2.50. The van der Waals surface area contributed by atoms with Gasteiger partial charge in [-0.2, -0.15) is 0 Å². The van der Waals surface area contributed by atoms with Crippen molar-refractivity contribution >= 4 is 50.9 Å². The van der Waals surface area contributed by atoms with Gasteiger partial charge in [0.25, 0.3) is 21.8 Å². The Hall–Kier alpha value is -3.89. The molecule has 0 spiro atoms. The highest BCUT2D eigenvalue weighted by atomic mass is 35.5. The number of fused-ring (bicyclic) bond motifs is 1. The first kappa shape index (κ1) is 25.7. The highest BCUT2D eigenvalue weighted by Crippen LogP contribution is 2.33. The molecule has 196 valence electrons. The number of sulfonamides is 1. The number of pyridine rings is 1. The summed E-state index contributed by atoms with van der Waals surface area (Å²) in [6.45, 7) is 2.16. The maximum absolute atomic E-state index is 13.2. The highest BCUT2D eigenvalue weighted by molar-refractivity contribution is 7.92. The molecule has 0 aliphatic carbocycles. The number of benzene rings is 2. The molecule has 5 rings (SSSR count). The van der Waals surface area contributed by atoms with Gasteiger partial charge in [0.15, 0.2) is 0 Å². The number of carbonyl (C=O) groups is 2. The average molecular weight is 552 g/mol. The number of nitrogens with one attached hydrogen (secondary N) is 1. The fraction of sp³-hybridized carbons (Fsp3) is 0.222. The number of anilines is 2. The third-order valence-electron chi connectivity index (χ3n) is 6.56. The lowest BCUT2D eigenvalue weighted by molar-refractivity contribution is 0.0532. The number of carbonyl (C=O) groups excluding carboxylic acids is 2. The molecule has 0 bridgehead atoms. The first-order valence-electron chi connectivity index (χ1n) is 12.1. The molecule has 1 saturated heterocycles. The van der Waals surface area contributed by atoms with Crippen molar-refractivity contribution in [3.63, 3.8) is 0 Å². The van der Waals surface area contributed by atoms with Crippen molar-refractivity contribution in [2.45, 2.75) is 4.90 Å². The first-order valence-corrected chi connectivity index (χ1v) is 13.9. The Kier molecular flexibility index (Phi) is 7.09. The second-order valence-corrected chi connectivity index (χ2v) is 11.2. The molecule has 38 heavy (non-hydrogen) atoms. The third-order valence-corrected chi connectivity index (χ3v) is 8.20. The van der Waals surface area contributed by atoms with Gasteiger partial charge < -0.3 is 14.7 Å². The van der Waals surface area contributed by atoms with Crippen LogP contribution in [0.15, 0.2) is 71.8 Å². The summed E-state index contributed by atoms with van der Waals surface area (Å²) in [6, 6.07) is 14.8. The van der Waals surface area contributed by atoms with Crippen molar-refractivity contribution in [3.05, 3.63) is 88.7 Å². The third kappa shape index (κ3) is 5.23. The molecule has 3 heterocycles. The van der Waals surface area contributed by atoms with Crippen LogP contribution in [-0.4, -0.2) is 74.8 Å². The minimum absolute atomic E-state index is 0.179. The number of nitrogens with zero attached hydrogens (tertiary/aromatic N) is 4. The number of halogens is 1. The lowest BCUT2D eigenvalue weighted by atomic mass is 10.1. The van der Waals surface area contributed by atoms with E-state index in [2.05, 4.69) is 9.71 Å². The van der Waals surface area contributed by atoms with Crippen molar-refractivity contribution < 1.29 is 18.0 Å². The summed E-state index contributed by atoms with van der Waals surface area (Å²) in [5, 5.41) is 0.458. The van der Waals surface area contributed by atoms with E-state index in [1.54, 1.807) is 58.3 Å². The topological polar surface area (TPSA) is 103 Å². The van der Waals surface area contributed by atoms with Gasteiger partial charge in [-0.3, -0.25) is 14.3 Å². The van der Waals surface area contributed by atoms with Gasteiger partial charge in [-0.25, -0.2) is 13.4 Å². The number of hydrogen-bond donors (Lipinski definition) is 1. The fourth-order valence-corrected chi connectivity index (χ4v) is 6.03. The molecule has 9 nitrogen and oxygen atoms in total. The Morgan fingerprint density at radius 3 is 2.26 bits per heavy atom. The van der Waals surface area contributed by atoms with E-state index in [0.717, 1.165) is 5.56 Å². The smallest absolute Gasteiger partial charge is 0.272 e. The summed E-state index contributed by atoms with van der Waals surface area (Å²) in [6.07, 6.45) is 5.33. The van der Waals surface area contributed by atoms with Gasteiger partial charge in [0.1, 0.15) is 10.6 Å². The van der Waals surface area contributed by atoms with Crippen LogP contribution in [-0.2, 0) is 10.0 Å². The van der Waals surface area contributed by atoms with Crippen LogP contribution in [0.2, 0.25) is 5.02 Å². The Morgan fingerprint density at radius 2 is 1.61 bits per heavy atom. The Balaban J connectivity index is 1.23. The van der Waals surface area contributed by atoms with E-state index in [4.69, 9.17) is 11.6 Å². The van der Waals surface area contributed by atoms with Crippen LogP contribution in [0.4, 0.5) is 11.4 Å². The van der Waals surface area contributed by atoms with Crippen molar-refractivity contribution in [1.82, 2.24) is 14.8 Å². The first-order chi connectivity index (χ1) is 18.2. The summed E-state index contributed by atoms with van der Waals surface area (Å²) < 4.78 is 29.0. The molecule has 1 fully saturated rings. The molecule has 2 aliphatic rings. The summed E-state index contributed by atoms with van der Waals surface area (Å²) in [5.74, 6) is -0.381. The maximum Gasteiger partial charge on any atom is 0.272 e. The van der Waals surface area contributed by atoms with E-state index >= 15 is 0 Å². The van der Waals surface area contributed by atoms with E-state index in [1.165, 1.54) is 6.20 Å². The normalized spacial score (nSPS) is 15.3. The number of para-hydroxylation sites is 1. The van der Waals surface area contributed by atoms with Crippen LogP contribution >= 0.6 is 11.6 Å². The molecule has 1 N–H and O–H groups in total. The number of likely N-dealkylation sites (N-methyl/N-ethyl adjacent to an activating group) is 1. The second kappa shape index (κ2) is 10.5.